The standard InChI is InChI=1S/C21H12Cl2N6O2/c1-24-13-7-12(22)8-14(9-13)31-20-16-10-25-28(19(16)5-4-17(20)23)11-18-15-3-2-6-29(30)21(15)27-26-18/h2-10,30H,11H2. The van der Waals surface area contributed by atoms with Gasteiger partial charge in [0.05, 0.1) is 40.9 Å². The molecule has 3 aromatic rings. The predicted octanol–water partition coefficient (Wildman–Crippen LogP) is 5.67. The first kappa shape index (κ1) is 19.2. The van der Waals surface area contributed by atoms with E-state index in [1.165, 1.54) is 6.20 Å². The van der Waals surface area contributed by atoms with Crippen molar-refractivity contribution < 1.29 is 9.94 Å². The van der Waals surface area contributed by atoms with Crippen LogP contribution in [-0.4, -0.2) is 29.9 Å². The van der Waals surface area contributed by atoms with Crippen LogP contribution in [0.1, 0.15) is 5.69 Å². The molecule has 0 unspecified atom stereocenters. The van der Waals surface area contributed by atoms with Crippen molar-refractivity contribution in [3.63, 3.8) is 0 Å². The van der Waals surface area contributed by atoms with Gasteiger partial charge >= 0.3 is 0 Å². The van der Waals surface area contributed by atoms with Gasteiger partial charge in [-0.15, -0.1) is 5.10 Å². The van der Waals surface area contributed by atoms with Gasteiger partial charge in [0.15, 0.2) is 17.3 Å². The molecular weight excluding hydrogens is 439 g/mol. The van der Waals surface area contributed by atoms with Crippen LogP contribution in [0, 0.1) is 6.57 Å². The Labute approximate surface area is 185 Å². The van der Waals surface area contributed by atoms with E-state index < -0.39 is 0 Å². The van der Waals surface area contributed by atoms with Crippen molar-refractivity contribution in [2.45, 2.75) is 6.54 Å². The van der Waals surface area contributed by atoms with Crippen molar-refractivity contribution in [3.8, 4) is 22.9 Å². The second-order valence-electron chi connectivity index (χ2n) is 6.71. The third-order valence-corrected chi connectivity index (χ3v) is 5.27. The number of fused-ring (bicyclic) bond motifs is 2. The Morgan fingerprint density at radius 3 is 2.84 bits per heavy atom. The fourth-order valence-corrected chi connectivity index (χ4v) is 3.78. The minimum atomic E-state index is 0.337. The summed E-state index contributed by atoms with van der Waals surface area (Å²) in [5.41, 5.74) is 2.53. The zero-order valence-corrected chi connectivity index (χ0v) is 17.2. The van der Waals surface area contributed by atoms with Crippen LogP contribution in [0.25, 0.3) is 27.1 Å². The second-order valence-corrected chi connectivity index (χ2v) is 7.55. The molecule has 0 saturated carbocycles. The maximum absolute atomic E-state index is 9.88. The number of aromatic nitrogens is 5. The molecule has 2 aliphatic rings. The molecule has 10 heteroatoms. The summed E-state index contributed by atoms with van der Waals surface area (Å²) in [4.78, 5) is 3.40. The fraction of sp³-hybridized carbons (Fsp3) is 0.0476. The van der Waals surface area contributed by atoms with E-state index in [9.17, 15) is 5.21 Å². The van der Waals surface area contributed by atoms with E-state index in [1.807, 2.05) is 12.1 Å². The number of nitrogens with zero attached hydrogens (tertiary/aromatic N) is 6. The van der Waals surface area contributed by atoms with Crippen molar-refractivity contribution in [1.82, 2.24) is 24.7 Å². The molecule has 0 saturated heterocycles. The molecule has 0 radical (unpaired) electrons. The first-order valence-corrected chi connectivity index (χ1v) is 9.81. The summed E-state index contributed by atoms with van der Waals surface area (Å²) < 4.78 is 8.68. The van der Waals surface area contributed by atoms with Gasteiger partial charge < -0.3 is 9.94 Å². The third-order valence-electron chi connectivity index (χ3n) is 4.76. The van der Waals surface area contributed by atoms with Gasteiger partial charge in [-0.25, -0.2) is 4.85 Å². The normalized spacial score (nSPS) is 11.1. The molecular formula is C21H12Cl2N6O2. The molecule has 2 aromatic carbocycles. The van der Waals surface area contributed by atoms with Crippen molar-refractivity contribution in [3.05, 3.63) is 82.0 Å². The van der Waals surface area contributed by atoms with Crippen molar-refractivity contribution >= 4 is 39.8 Å². The van der Waals surface area contributed by atoms with Crippen LogP contribution in [0.5, 0.6) is 11.5 Å². The lowest BCUT2D eigenvalue weighted by atomic mass is 10.2. The van der Waals surface area contributed by atoms with Crippen LogP contribution in [-0.2, 0) is 6.54 Å². The third kappa shape index (κ3) is 3.40. The van der Waals surface area contributed by atoms with E-state index >= 15 is 0 Å². The summed E-state index contributed by atoms with van der Waals surface area (Å²) >= 11 is 12.5. The maximum Gasteiger partial charge on any atom is 0.198 e. The number of halogens is 2. The van der Waals surface area contributed by atoms with Gasteiger partial charge in [0.1, 0.15) is 5.75 Å². The second kappa shape index (κ2) is 7.47. The highest BCUT2D eigenvalue weighted by Gasteiger charge is 2.19. The number of pyridine rings is 1. The monoisotopic (exact) mass is 450 g/mol. The molecule has 0 fully saturated rings. The predicted molar refractivity (Wildman–Crippen MR) is 115 cm³/mol. The number of benzene rings is 2. The first-order chi connectivity index (χ1) is 15.0. The van der Waals surface area contributed by atoms with E-state index in [0.29, 0.717) is 50.7 Å². The van der Waals surface area contributed by atoms with Crippen LogP contribution in [0.2, 0.25) is 10.0 Å². The highest BCUT2D eigenvalue weighted by molar-refractivity contribution is 6.33. The average Bonchev–Trinajstić information content (AvgIpc) is 3.35. The average molecular weight is 451 g/mol. The van der Waals surface area contributed by atoms with Crippen molar-refractivity contribution in [2.24, 2.45) is 0 Å². The van der Waals surface area contributed by atoms with Gasteiger partial charge in [-0.05, 0) is 42.5 Å². The molecule has 31 heavy (non-hydrogen) atoms. The molecule has 0 amide bonds. The summed E-state index contributed by atoms with van der Waals surface area (Å²) in [6, 6.07) is 11.9. The number of ether oxygens (including phenoxy) is 1. The Bertz CT molecular complexity index is 1450. The zero-order chi connectivity index (χ0) is 21.5. The molecule has 0 bridgehead atoms. The van der Waals surface area contributed by atoms with E-state index in [-0.39, 0.29) is 0 Å². The van der Waals surface area contributed by atoms with Crippen LogP contribution < -0.4 is 4.74 Å². The molecule has 3 heterocycles. The van der Waals surface area contributed by atoms with Crippen molar-refractivity contribution in [1.29, 1.82) is 0 Å². The fourth-order valence-electron chi connectivity index (χ4n) is 3.36. The molecule has 2 aliphatic heterocycles. The van der Waals surface area contributed by atoms with Crippen molar-refractivity contribution in [2.75, 3.05) is 0 Å². The van der Waals surface area contributed by atoms with Gasteiger partial charge in [-0.3, -0.25) is 4.68 Å². The summed E-state index contributed by atoms with van der Waals surface area (Å²) in [6.07, 6.45) is 3.15. The minimum Gasteiger partial charge on any atom is -0.456 e. The Morgan fingerprint density at radius 1 is 1.13 bits per heavy atom. The minimum absolute atomic E-state index is 0.337. The first-order valence-electron chi connectivity index (χ1n) is 9.05. The Balaban J connectivity index is 1.53. The smallest absolute Gasteiger partial charge is 0.198 e. The molecule has 152 valence electrons. The number of rotatable bonds is 4. The quantitative estimate of drug-likeness (QED) is 0.281. The molecule has 5 rings (SSSR count). The largest absolute Gasteiger partial charge is 0.456 e. The summed E-state index contributed by atoms with van der Waals surface area (Å²) in [5.74, 6) is 1.19. The molecule has 8 nitrogen and oxygen atoms in total. The summed E-state index contributed by atoms with van der Waals surface area (Å²) in [5, 5.41) is 24.0. The van der Waals surface area contributed by atoms with Gasteiger partial charge in [-0.1, -0.05) is 23.2 Å². The molecule has 0 spiro atoms. The van der Waals surface area contributed by atoms with Crippen LogP contribution in [0.4, 0.5) is 5.69 Å². The van der Waals surface area contributed by atoms with Gasteiger partial charge in [0.2, 0.25) is 0 Å². The Morgan fingerprint density at radius 2 is 2.00 bits per heavy atom. The molecule has 1 aromatic heterocycles. The van der Waals surface area contributed by atoms with E-state index in [2.05, 4.69) is 20.1 Å². The highest BCUT2D eigenvalue weighted by atomic mass is 35.5. The SMILES string of the molecule is [C-]#[N+]c1cc(Cl)cc(Oc2c(Cl)ccc3c2cnn3Cc2nnc3n(O)cccc2-3)c1. The number of hydrogen-bond acceptors (Lipinski definition) is 5. The lowest BCUT2D eigenvalue weighted by Crippen LogP contribution is -2.03. The summed E-state index contributed by atoms with van der Waals surface area (Å²) in [6.45, 7) is 7.54. The summed E-state index contributed by atoms with van der Waals surface area (Å²) in [7, 11) is 0. The highest BCUT2D eigenvalue weighted by Crippen LogP contribution is 2.38. The van der Waals surface area contributed by atoms with Crippen LogP contribution in [0.15, 0.2) is 54.9 Å². The van der Waals surface area contributed by atoms with Gasteiger partial charge in [-0.2, -0.15) is 14.9 Å². The maximum atomic E-state index is 9.88. The van der Waals surface area contributed by atoms with Gasteiger partial charge in [0, 0.05) is 16.8 Å². The van der Waals surface area contributed by atoms with Gasteiger partial charge in [0.25, 0.3) is 0 Å². The van der Waals surface area contributed by atoms with Crippen LogP contribution >= 0.6 is 23.2 Å². The van der Waals surface area contributed by atoms with E-state index in [0.717, 1.165) is 15.8 Å². The number of hydrogen-bond donors (Lipinski definition) is 1. The molecule has 0 aliphatic carbocycles. The zero-order valence-electron chi connectivity index (χ0n) is 15.7. The van der Waals surface area contributed by atoms with E-state index in [1.54, 1.807) is 41.2 Å². The Kier molecular flexibility index (Phi) is 4.62. The molecule has 0 atom stereocenters. The lowest BCUT2D eigenvalue weighted by molar-refractivity contribution is 0.186. The molecule has 1 N–H and O–H groups in total. The Hall–Kier alpha value is -3.80. The van der Waals surface area contributed by atoms with Crippen LogP contribution in [0.3, 0.4) is 0 Å². The topological polar surface area (TPSA) is 82.3 Å². The van der Waals surface area contributed by atoms with E-state index in [4.69, 9.17) is 34.5 Å². The lowest BCUT2D eigenvalue weighted by Gasteiger charge is -2.10.